The summed E-state index contributed by atoms with van der Waals surface area (Å²) < 4.78 is 0. The van der Waals surface area contributed by atoms with Gasteiger partial charge in [-0.2, -0.15) is 0 Å². The van der Waals surface area contributed by atoms with Crippen molar-refractivity contribution in [2.75, 3.05) is 18.0 Å². The van der Waals surface area contributed by atoms with Crippen LogP contribution < -0.4 is 10.6 Å². The minimum atomic E-state index is -0.425. The minimum Gasteiger partial charge on any atom is -0.370 e. The van der Waals surface area contributed by atoms with Gasteiger partial charge in [-0.1, -0.05) is 41.9 Å². The van der Waals surface area contributed by atoms with Crippen LogP contribution in [0.4, 0.5) is 5.69 Å². The van der Waals surface area contributed by atoms with Crippen LogP contribution in [0.5, 0.6) is 0 Å². The van der Waals surface area contributed by atoms with Gasteiger partial charge in [-0.15, -0.1) is 0 Å². The monoisotopic (exact) mass is 367 g/mol. The van der Waals surface area contributed by atoms with Gasteiger partial charge in [0.15, 0.2) is 0 Å². The molecule has 1 aromatic heterocycles. The number of carbonyl (C=O) groups is 1. The number of fused-ring (bicyclic) bond motifs is 1. The smallest absolute Gasteiger partial charge is 0.250 e. The van der Waals surface area contributed by atoms with Crippen molar-refractivity contribution < 1.29 is 4.79 Å². The molecule has 3 aromatic rings. The Morgan fingerprint density at radius 2 is 1.92 bits per heavy atom. The lowest BCUT2D eigenvalue weighted by molar-refractivity contribution is 0.100. The summed E-state index contributed by atoms with van der Waals surface area (Å²) in [5, 5.41) is 1.54. The molecule has 3 N–H and O–H groups in total. The Morgan fingerprint density at radius 1 is 1.19 bits per heavy atom. The van der Waals surface area contributed by atoms with E-state index in [-0.39, 0.29) is 0 Å². The third kappa shape index (κ3) is 3.29. The Kier molecular flexibility index (Phi) is 4.60. The van der Waals surface area contributed by atoms with Crippen molar-refractivity contribution in [1.29, 1.82) is 0 Å². The molecule has 26 heavy (non-hydrogen) atoms. The quantitative estimate of drug-likeness (QED) is 0.718. The first-order valence-corrected chi connectivity index (χ1v) is 9.39. The maximum absolute atomic E-state index is 11.6. The number of benzene rings is 2. The zero-order chi connectivity index (χ0) is 18.1. The second-order valence-corrected chi connectivity index (χ2v) is 7.44. The van der Waals surface area contributed by atoms with Crippen molar-refractivity contribution in [3.8, 4) is 0 Å². The molecule has 1 aliphatic rings. The maximum Gasteiger partial charge on any atom is 0.250 e. The van der Waals surface area contributed by atoms with E-state index in [9.17, 15) is 4.79 Å². The van der Waals surface area contributed by atoms with E-state index in [1.54, 1.807) is 6.20 Å². The third-order valence-electron chi connectivity index (χ3n) is 5.34. The Bertz CT molecular complexity index is 927. The highest BCUT2D eigenvalue weighted by Gasteiger charge is 2.22. The van der Waals surface area contributed by atoms with Crippen LogP contribution in [-0.2, 0) is 6.42 Å². The van der Waals surface area contributed by atoms with Crippen LogP contribution in [-0.4, -0.2) is 24.0 Å². The molecular formula is C21H22ClN3O. The number of hydrogen-bond acceptors (Lipinski definition) is 2. The van der Waals surface area contributed by atoms with Crippen molar-refractivity contribution >= 4 is 34.1 Å². The molecule has 0 bridgehead atoms. The number of halogens is 1. The van der Waals surface area contributed by atoms with Crippen molar-refractivity contribution in [1.82, 2.24) is 4.98 Å². The van der Waals surface area contributed by atoms with Gasteiger partial charge in [-0.3, -0.25) is 4.79 Å². The normalized spacial score (nSPS) is 15.5. The molecule has 134 valence electrons. The molecule has 0 unspecified atom stereocenters. The van der Waals surface area contributed by atoms with Crippen LogP contribution in [0.1, 0.15) is 28.8 Å². The number of piperidine rings is 1. The lowest BCUT2D eigenvalue weighted by Crippen LogP contribution is -2.34. The number of H-pyrrole nitrogens is 1. The van der Waals surface area contributed by atoms with Gasteiger partial charge >= 0.3 is 0 Å². The van der Waals surface area contributed by atoms with E-state index in [0.717, 1.165) is 48.9 Å². The number of hydrogen-bond donors (Lipinski definition) is 2. The highest BCUT2D eigenvalue weighted by Crippen LogP contribution is 2.35. The molecule has 0 aliphatic carbocycles. The van der Waals surface area contributed by atoms with E-state index in [2.05, 4.69) is 40.2 Å². The summed E-state index contributed by atoms with van der Waals surface area (Å²) in [6, 6.07) is 14.5. The number of carbonyl (C=O) groups excluding carboxylic acids is 1. The molecule has 0 spiro atoms. The Morgan fingerprint density at radius 3 is 2.62 bits per heavy atom. The molecular weight excluding hydrogens is 346 g/mol. The zero-order valence-corrected chi connectivity index (χ0v) is 15.3. The third-order valence-corrected chi connectivity index (χ3v) is 5.64. The molecule has 2 heterocycles. The number of nitrogens with two attached hydrogens (primary N) is 1. The highest BCUT2D eigenvalue weighted by atomic mass is 35.5. The molecule has 0 saturated carbocycles. The molecule has 5 heteroatoms. The Balaban J connectivity index is 1.51. The van der Waals surface area contributed by atoms with E-state index in [1.165, 1.54) is 5.56 Å². The van der Waals surface area contributed by atoms with E-state index in [1.807, 2.05) is 12.1 Å². The fourth-order valence-electron chi connectivity index (χ4n) is 3.90. The standard InChI is InChI=1S/C21H22ClN3O/c22-18-12-19-16(17(13-24-19)21(23)26)11-20(18)25-8-6-15(7-9-25)10-14-4-2-1-3-5-14/h1-5,11-13,15,24H,6-10H2,(H2,23,26). The molecule has 1 fully saturated rings. The average molecular weight is 368 g/mol. The molecule has 1 amide bonds. The van der Waals surface area contributed by atoms with Crippen LogP contribution in [0.2, 0.25) is 5.02 Å². The Labute approximate surface area is 157 Å². The summed E-state index contributed by atoms with van der Waals surface area (Å²) in [5.41, 5.74) is 9.22. The van der Waals surface area contributed by atoms with Crippen LogP contribution in [0.3, 0.4) is 0 Å². The number of nitrogens with one attached hydrogen (secondary N) is 1. The Hall–Kier alpha value is -2.46. The molecule has 2 aromatic carbocycles. The van der Waals surface area contributed by atoms with Gasteiger partial charge in [-0.25, -0.2) is 0 Å². The number of primary amides is 1. The molecule has 4 rings (SSSR count). The largest absolute Gasteiger partial charge is 0.370 e. The van der Waals surface area contributed by atoms with E-state index < -0.39 is 5.91 Å². The predicted molar refractivity (Wildman–Crippen MR) is 107 cm³/mol. The first kappa shape index (κ1) is 17.0. The topological polar surface area (TPSA) is 62.1 Å². The van der Waals surface area contributed by atoms with Crippen molar-refractivity contribution in [3.05, 3.63) is 64.8 Å². The van der Waals surface area contributed by atoms with Crippen LogP contribution in [0.25, 0.3) is 10.9 Å². The summed E-state index contributed by atoms with van der Waals surface area (Å²) in [6.07, 6.45) is 5.06. The predicted octanol–water partition coefficient (Wildman–Crippen LogP) is 4.38. The second kappa shape index (κ2) is 7.04. The van der Waals surface area contributed by atoms with Crippen molar-refractivity contribution in [2.45, 2.75) is 19.3 Å². The van der Waals surface area contributed by atoms with Gasteiger partial charge in [-0.05, 0) is 42.9 Å². The first-order chi connectivity index (χ1) is 12.6. The number of rotatable bonds is 4. The van der Waals surface area contributed by atoms with Crippen molar-refractivity contribution in [2.24, 2.45) is 11.7 Å². The number of aromatic nitrogens is 1. The van der Waals surface area contributed by atoms with E-state index in [4.69, 9.17) is 17.3 Å². The van der Waals surface area contributed by atoms with Gasteiger partial charge in [0.25, 0.3) is 5.91 Å². The summed E-state index contributed by atoms with van der Waals surface area (Å²) in [4.78, 5) is 17.0. The lowest BCUT2D eigenvalue weighted by atomic mass is 9.90. The fourth-order valence-corrected chi connectivity index (χ4v) is 4.19. The average Bonchev–Trinajstić information content (AvgIpc) is 3.05. The lowest BCUT2D eigenvalue weighted by Gasteiger charge is -2.34. The number of nitrogens with zero attached hydrogens (tertiary/aromatic N) is 1. The number of aromatic amines is 1. The molecule has 4 nitrogen and oxygen atoms in total. The van der Waals surface area contributed by atoms with E-state index >= 15 is 0 Å². The maximum atomic E-state index is 11.6. The molecule has 1 aliphatic heterocycles. The van der Waals surface area contributed by atoms with Gasteiger partial charge < -0.3 is 15.6 Å². The summed E-state index contributed by atoms with van der Waals surface area (Å²) in [5.74, 6) is 0.274. The summed E-state index contributed by atoms with van der Waals surface area (Å²) >= 11 is 6.51. The number of amides is 1. The fraction of sp³-hybridized carbons (Fsp3) is 0.286. The first-order valence-electron chi connectivity index (χ1n) is 9.01. The molecule has 0 radical (unpaired) electrons. The van der Waals surface area contributed by atoms with Crippen LogP contribution in [0, 0.1) is 5.92 Å². The molecule has 1 saturated heterocycles. The van der Waals surface area contributed by atoms with Gasteiger partial charge in [0.2, 0.25) is 0 Å². The molecule has 0 atom stereocenters. The summed E-state index contributed by atoms with van der Waals surface area (Å²) in [7, 11) is 0. The second-order valence-electron chi connectivity index (χ2n) is 7.04. The van der Waals surface area contributed by atoms with Gasteiger partial charge in [0.05, 0.1) is 16.3 Å². The highest BCUT2D eigenvalue weighted by molar-refractivity contribution is 6.34. The van der Waals surface area contributed by atoms with E-state index in [0.29, 0.717) is 16.5 Å². The minimum absolute atomic E-state index is 0.425. The van der Waals surface area contributed by atoms with Crippen LogP contribution in [0.15, 0.2) is 48.7 Å². The number of anilines is 1. The SMILES string of the molecule is NC(=O)c1c[nH]c2cc(Cl)c(N3CCC(Cc4ccccc4)CC3)cc12. The van der Waals surface area contributed by atoms with Gasteiger partial charge in [0.1, 0.15) is 0 Å². The van der Waals surface area contributed by atoms with Crippen LogP contribution >= 0.6 is 11.6 Å². The summed E-state index contributed by atoms with van der Waals surface area (Å²) in [6.45, 7) is 1.94. The van der Waals surface area contributed by atoms with Crippen molar-refractivity contribution in [3.63, 3.8) is 0 Å². The van der Waals surface area contributed by atoms with Gasteiger partial charge in [0, 0.05) is 30.2 Å². The zero-order valence-electron chi connectivity index (χ0n) is 14.5.